The maximum Gasteiger partial charge on any atom is 0.411 e. The number of aliphatic hydroxyl groups excluding tert-OH is 1. The quantitative estimate of drug-likeness (QED) is 0.622. The van der Waals surface area contributed by atoms with E-state index in [1.807, 2.05) is 7.05 Å². The van der Waals surface area contributed by atoms with E-state index in [0.717, 1.165) is 19.5 Å². The van der Waals surface area contributed by atoms with Gasteiger partial charge >= 0.3 is 6.09 Å². The first kappa shape index (κ1) is 16.1. The lowest BCUT2D eigenvalue weighted by atomic mass is 10.3. The van der Waals surface area contributed by atoms with Crippen LogP contribution in [0.2, 0.25) is 0 Å². The topological polar surface area (TPSA) is 79.0 Å². The highest BCUT2D eigenvalue weighted by Gasteiger charge is 2.17. The van der Waals surface area contributed by atoms with Crippen molar-refractivity contribution in [2.45, 2.75) is 32.6 Å². The molecule has 0 radical (unpaired) electrons. The van der Waals surface area contributed by atoms with Crippen LogP contribution in [0, 0.1) is 0 Å². The lowest BCUT2D eigenvalue weighted by Crippen LogP contribution is -2.40. The van der Waals surface area contributed by atoms with Crippen LogP contribution in [-0.2, 0) is 4.74 Å². The van der Waals surface area contributed by atoms with Gasteiger partial charge in [-0.1, -0.05) is 6.92 Å². The normalized spacial score (nSPS) is 14.5. The van der Waals surface area contributed by atoms with Gasteiger partial charge in [0.2, 0.25) is 6.29 Å². The maximum absolute atomic E-state index is 11.5. The third-order valence-electron chi connectivity index (χ3n) is 2.56. The van der Waals surface area contributed by atoms with E-state index in [0.29, 0.717) is 6.54 Å². The molecule has 0 aliphatic rings. The first-order valence-electron chi connectivity index (χ1n) is 5.92. The highest BCUT2D eigenvalue weighted by atomic mass is 16.6. The minimum atomic E-state index is -1.25. The Bertz CT molecular complexity index is 224. The molecule has 1 amide bonds. The molecule has 2 unspecified atom stereocenters. The number of hydrogen-bond donors (Lipinski definition) is 2. The fraction of sp³-hybridized carbons (Fsp3) is 0.909. The van der Waals surface area contributed by atoms with Gasteiger partial charge < -0.3 is 25.4 Å². The van der Waals surface area contributed by atoms with Gasteiger partial charge in [-0.3, -0.25) is 0 Å². The van der Waals surface area contributed by atoms with Crippen LogP contribution in [0.4, 0.5) is 4.79 Å². The monoisotopic (exact) mass is 247 g/mol. The Morgan fingerprint density at radius 3 is 2.47 bits per heavy atom. The average molecular weight is 247 g/mol. The summed E-state index contributed by atoms with van der Waals surface area (Å²) < 4.78 is 4.76. The van der Waals surface area contributed by atoms with E-state index in [4.69, 9.17) is 10.5 Å². The molecule has 17 heavy (non-hydrogen) atoms. The van der Waals surface area contributed by atoms with Gasteiger partial charge in [0.15, 0.2) is 0 Å². The van der Waals surface area contributed by atoms with E-state index >= 15 is 0 Å². The van der Waals surface area contributed by atoms with Crippen molar-refractivity contribution < 1.29 is 14.6 Å². The highest BCUT2D eigenvalue weighted by molar-refractivity contribution is 5.67. The fourth-order valence-corrected chi connectivity index (χ4v) is 1.13. The molecule has 0 saturated heterocycles. The number of carbonyl (C=O) groups excluding carboxylic acids is 1. The van der Waals surface area contributed by atoms with Crippen molar-refractivity contribution in [3.05, 3.63) is 0 Å². The van der Waals surface area contributed by atoms with E-state index in [1.54, 1.807) is 14.0 Å². The largest absolute Gasteiger partial charge is 0.418 e. The summed E-state index contributed by atoms with van der Waals surface area (Å²) in [7, 11) is 3.67. The van der Waals surface area contributed by atoms with Gasteiger partial charge in [-0.15, -0.1) is 0 Å². The third kappa shape index (κ3) is 7.14. The van der Waals surface area contributed by atoms with E-state index in [-0.39, 0.29) is 0 Å². The van der Waals surface area contributed by atoms with Crippen LogP contribution in [0.1, 0.15) is 20.3 Å². The van der Waals surface area contributed by atoms with Crippen LogP contribution >= 0.6 is 0 Å². The van der Waals surface area contributed by atoms with Crippen molar-refractivity contribution in [2.24, 2.45) is 5.73 Å². The smallest absolute Gasteiger partial charge is 0.411 e. The van der Waals surface area contributed by atoms with Gasteiger partial charge in [0.1, 0.15) is 0 Å². The summed E-state index contributed by atoms with van der Waals surface area (Å²) in [5.41, 5.74) is 5.39. The number of carbonyl (C=O) groups is 1. The number of rotatable bonds is 7. The molecule has 2 atom stereocenters. The summed E-state index contributed by atoms with van der Waals surface area (Å²) >= 11 is 0. The summed E-state index contributed by atoms with van der Waals surface area (Å²) in [6.45, 7) is 6.15. The van der Waals surface area contributed by atoms with E-state index in [1.165, 1.54) is 4.90 Å². The second kappa shape index (κ2) is 8.27. The highest BCUT2D eigenvalue weighted by Crippen LogP contribution is 1.99. The number of hydrogen-bond acceptors (Lipinski definition) is 5. The van der Waals surface area contributed by atoms with Crippen LogP contribution < -0.4 is 5.73 Å². The van der Waals surface area contributed by atoms with Crippen molar-refractivity contribution in [2.75, 3.05) is 33.7 Å². The summed E-state index contributed by atoms with van der Waals surface area (Å²) in [4.78, 5) is 15.1. The standard InChI is InChI=1S/C11H25N3O3/c1-5-13(3)7-6-8-14(4)11(16)17-10(15)9(2)12/h9-10,15H,5-8,12H2,1-4H3. The van der Waals surface area contributed by atoms with Gasteiger partial charge in [-0.05, 0) is 33.5 Å². The molecule has 0 aromatic heterocycles. The fourth-order valence-electron chi connectivity index (χ4n) is 1.13. The zero-order valence-corrected chi connectivity index (χ0v) is 11.2. The molecule has 0 saturated carbocycles. The Morgan fingerprint density at radius 2 is 2.00 bits per heavy atom. The number of ether oxygens (including phenoxy) is 1. The molecule has 0 aromatic carbocycles. The Kier molecular flexibility index (Phi) is 7.86. The molecule has 0 heterocycles. The number of amides is 1. The molecule has 0 aliphatic heterocycles. The first-order chi connectivity index (χ1) is 7.88. The molecule has 0 rings (SSSR count). The van der Waals surface area contributed by atoms with Gasteiger partial charge in [-0.2, -0.15) is 0 Å². The molecular weight excluding hydrogens is 222 g/mol. The van der Waals surface area contributed by atoms with Gasteiger partial charge in [0.05, 0.1) is 6.04 Å². The lowest BCUT2D eigenvalue weighted by molar-refractivity contribution is -0.0737. The molecule has 6 nitrogen and oxygen atoms in total. The molecule has 0 spiro atoms. The van der Waals surface area contributed by atoms with Crippen molar-refractivity contribution in [1.29, 1.82) is 0 Å². The molecule has 0 fully saturated rings. The molecule has 3 N–H and O–H groups in total. The summed E-state index contributed by atoms with van der Waals surface area (Å²) in [5.74, 6) is 0. The maximum atomic E-state index is 11.5. The van der Waals surface area contributed by atoms with Gasteiger partial charge in [-0.25, -0.2) is 4.79 Å². The first-order valence-corrected chi connectivity index (χ1v) is 5.92. The Hall–Kier alpha value is -0.850. The minimum Gasteiger partial charge on any atom is -0.418 e. The summed E-state index contributed by atoms with van der Waals surface area (Å²) in [6.07, 6.45) is -0.929. The average Bonchev–Trinajstić information content (AvgIpc) is 2.28. The number of nitrogens with two attached hydrogens (primary N) is 1. The number of aliphatic hydroxyl groups is 1. The SMILES string of the molecule is CCN(C)CCCN(C)C(=O)OC(O)C(C)N. The van der Waals surface area contributed by atoms with Crippen LogP contribution in [0.25, 0.3) is 0 Å². The van der Waals surface area contributed by atoms with E-state index in [9.17, 15) is 9.90 Å². The second-order valence-corrected chi connectivity index (χ2v) is 4.30. The molecule has 0 aliphatic carbocycles. The van der Waals surface area contributed by atoms with Crippen molar-refractivity contribution in [1.82, 2.24) is 9.80 Å². The predicted molar refractivity (Wildman–Crippen MR) is 66.6 cm³/mol. The molecule has 102 valence electrons. The minimum absolute atomic E-state index is 0.547. The van der Waals surface area contributed by atoms with Crippen LogP contribution in [0.5, 0.6) is 0 Å². The van der Waals surface area contributed by atoms with Crippen molar-refractivity contribution in [3.63, 3.8) is 0 Å². The Morgan fingerprint density at radius 1 is 1.41 bits per heavy atom. The van der Waals surface area contributed by atoms with Gasteiger partial charge in [0, 0.05) is 13.6 Å². The van der Waals surface area contributed by atoms with Crippen molar-refractivity contribution in [3.8, 4) is 0 Å². The molecule has 0 aromatic rings. The predicted octanol–water partition coefficient (Wildman–Crippen LogP) is 0.0622. The lowest BCUT2D eigenvalue weighted by Gasteiger charge is -2.22. The molecule has 0 bridgehead atoms. The van der Waals surface area contributed by atoms with Crippen LogP contribution in [0.3, 0.4) is 0 Å². The van der Waals surface area contributed by atoms with Gasteiger partial charge in [0.25, 0.3) is 0 Å². The zero-order chi connectivity index (χ0) is 13.4. The van der Waals surface area contributed by atoms with Crippen LogP contribution in [-0.4, -0.2) is 67.1 Å². The van der Waals surface area contributed by atoms with Crippen molar-refractivity contribution >= 4 is 6.09 Å². The Labute approximate surface area is 103 Å². The number of nitrogens with zero attached hydrogens (tertiary/aromatic N) is 2. The summed E-state index contributed by atoms with van der Waals surface area (Å²) in [6, 6.07) is -0.585. The second-order valence-electron chi connectivity index (χ2n) is 4.30. The zero-order valence-electron chi connectivity index (χ0n) is 11.2. The summed E-state index contributed by atoms with van der Waals surface area (Å²) in [5, 5.41) is 9.29. The molecular formula is C11H25N3O3. The van der Waals surface area contributed by atoms with E-state index in [2.05, 4.69) is 11.8 Å². The van der Waals surface area contributed by atoms with Crippen LogP contribution in [0.15, 0.2) is 0 Å². The van der Waals surface area contributed by atoms with E-state index < -0.39 is 18.4 Å². The Balaban J connectivity index is 3.82. The third-order valence-corrected chi connectivity index (χ3v) is 2.56. The molecule has 6 heteroatoms.